The summed E-state index contributed by atoms with van der Waals surface area (Å²) < 4.78 is 42.9. The molecule has 1 aromatic carbocycles. The highest BCUT2D eigenvalue weighted by molar-refractivity contribution is 7.79. The van der Waals surface area contributed by atoms with Crippen LogP contribution in [0, 0.1) is 17.0 Å². The molecule has 1 aromatic heterocycles. The van der Waals surface area contributed by atoms with E-state index in [-0.39, 0.29) is 36.0 Å². The Balaban J connectivity index is 0.00000178. The van der Waals surface area contributed by atoms with Gasteiger partial charge in [-0.05, 0) is 52.6 Å². The van der Waals surface area contributed by atoms with Crippen molar-refractivity contribution in [1.29, 1.82) is 0 Å². The molecule has 13 heteroatoms. The van der Waals surface area contributed by atoms with Crippen molar-refractivity contribution in [3.05, 3.63) is 63.1 Å². The number of carbonyl (C=O) groups excluding carboxylic acids is 2. The lowest BCUT2D eigenvalue weighted by molar-refractivity contribution is 0.0277. The molecule has 1 aliphatic heterocycles. The van der Waals surface area contributed by atoms with Crippen molar-refractivity contribution in [1.82, 2.24) is 14.8 Å². The van der Waals surface area contributed by atoms with E-state index in [1.165, 1.54) is 16.8 Å². The summed E-state index contributed by atoms with van der Waals surface area (Å²) in [5, 5.41) is 13.2. The summed E-state index contributed by atoms with van der Waals surface area (Å²) in [5.74, 6) is -3.61. The zero-order valence-corrected chi connectivity index (χ0v) is 29.6. The number of nitrogens with zero attached hydrogens (tertiary/aromatic N) is 2. The van der Waals surface area contributed by atoms with E-state index < -0.39 is 39.9 Å². The maximum absolute atomic E-state index is 13.9. The van der Waals surface area contributed by atoms with Gasteiger partial charge in [-0.3, -0.25) is 14.4 Å². The molecule has 1 aliphatic rings. The third kappa shape index (κ3) is 12.1. The average Bonchev–Trinajstić information content (AvgIpc) is 3.06. The molecule has 1 amide bonds. The number of ether oxygens (including phenoxy) is 3. The Bertz CT molecular complexity index is 1270. The highest BCUT2D eigenvalue weighted by Crippen LogP contribution is 2.40. The van der Waals surface area contributed by atoms with Crippen LogP contribution in [0.15, 0.2) is 29.2 Å². The first-order valence-corrected chi connectivity index (χ1v) is 16.1. The third-order valence-corrected chi connectivity index (χ3v) is 7.59. The Morgan fingerprint density at radius 1 is 1.11 bits per heavy atom. The number of hydrogen-bond donors (Lipinski definition) is 3. The molecule has 2 aromatic rings. The number of amides is 1. The number of thiol groups is 1. The molecule has 0 aliphatic carbocycles. The molecule has 0 saturated carbocycles. The second kappa shape index (κ2) is 22.6. The van der Waals surface area contributed by atoms with Crippen molar-refractivity contribution in [2.24, 2.45) is 5.41 Å². The first-order chi connectivity index (χ1) is 21.9. The van der Waals surface area contributed by atoms with E-state index in [1.807, 2.05) is 27.8 Å². The van der Waals surface area contributed by atoms with Crippen LogP contribution >= 0.6 is 12.6 Å². The maximum Gasteiger partial charge on any atom is 0.257 e. The van der Waals surface area contributed by atoms with Crippen molar-refractivity contribution in [2.75, 3.05) is 61.0 Å². The molecule has 2 heterocycles. The molecule has 2 N–H and O–H groups in total. The fourth-order valence-electron chi connectivity index (χ4n) is 4.72. The summed E-state index contributed by atoms with van der Waals surface area (Å²) in [6.45, 7) is 10.5. The lowest BCUT2D eigenvalue weighted by Gasteiger charge is -2.46. The zero-order valence-electron chi connectivity index (χ0n) is 28.7. The topological polar surface area (TPSA) is 119 Å². The Kier molecular flexibility index (Phi) is 21.2. The summed E-state index contributed by atoms with van der Waals surface area (Å²) >= 11 is 3.53. The number of methoxy groups -OCH3 is 3. The van der Waals surface area contributed by atoms with Gasteiger partial charge in [-0.2, -0.15) is 12.6 Å². The Labute approximate surface area is 277 Å². The second-order valence-corrected chi connectivity index (χ2v) is 10.6. The van der Waals surface area contributed by atoms with Gasteiger partial charge in [-0.15, -0.1) is 0 Å². The van der Waals surface area contributed by atoms with Crippen LogP contribution < -0.4 is 10.7 Å². The molecule has 0 bridgehead atoms. The quantitative estimate of drug-likeness (QED) is 0.271. The smallest absolute Gasteiger partial charge is 0.257 e. The van der Waals surface area contributed by atoms with Gasteiger partial charge in [0.2, 0.25) is 5.43 Å². The molecule has 0 fully saturated rings. The Morgan fingerprint density at radius 3 is 2.20 bits per heavy atom. The van der Waals surface area contributed by atoms with E-state index in [9.17, 15) is 28.3 Å². The van der Waals surface area contributed by atoms with Crippen molar-refractivity contribution >= 4 is 24.3 Å². The molecule has 46 heavy (non-hydrogen) atoms. The number of rotatable bonds is 12. The van der Waals surface area contributed by atoms with E-state index in [4.69, 9.17) is 4.74 Å². The van der Waals surface area contributed by atoms with E-state index in [2.05, 4.69) is 39.2 Å². The number of nitrogens with one attached hydrogen (secondary N) is 1. The monoisotopic (exact) mass is 673 g/mol. The number of likely N-dealkylation sites (N-methyl/N-ethyl adjacent to an activating group) is 1. The van der Waals surface area contributed by atoms with Crippen LogP contribution in [0.4, 0.5) is 8.78 Å². The Hall–Kier alpha value is -2.84. The fraction of sp³-hybridized carbons (Fsp3) is 0.606. The van der Waals surface area contributed by atoms with Gasteiger partial charge in [0.25, 0.3) is 5.91 Å². The Morgan fingerprint density at radius 2 is 1.70 bits per heavy atom. The van der Waals surface area contributed by atoms with Gasteiger partial charge in [0, 0.05) is 78.1 Å². The van der Waals surface area contributed by atoms with Gasteiger partial charge in [-0.1, -0.05) is 26.3 Å². The van der Waals surface area contributed by atoms with Crippen molar-refractivity contribution in [3.63, 3.8) is 0 Å². The predicted octanol–water partition coefficient (Wildman–Crippen LogP) is 4.95. The summed E-state index contributed by atoms with van der Waals surface area (Å²) in [7, 11) is 6.84. The lowest BCUT2D eigenvalue weighted by atomic mass is 9.71. The number of aromatic nitrogens is 1. The van der Waals surface area contributed by atoms with Crippen LogP contribution in [-0.4, -0.2) is 93.3 Å². The first kappa shape index (κ1) is 43.2. The van der Waals surface area contributed by atoms with Gasteiger partial charge < -0.3 is 34.1 Å². The summed E-state index contributed by atoms with van der Waals surface area (Å²) in [6, 6.07) is 2.68. The number of fused-ring (bicyclic) bond motifs is 1. The summed E-state index contributed by atoms with van der Waals surface area (Å²) in [6.07, 6.45) is 5.25. The molecule has 2 unspecified atom stereocenters. The molecule has 10 nitrogen and oxygen atoms in total. The second-order valence-electron chi connectivity index (χ2n) is 10.6. The molecular weight excluding hydrogens is 620 g/mol. The molecule has 2 atom stereocenters. The average molecular weight is 674 g/mol. The van der Waals surface area contributed by atoms with Gasteiger partial charge in [0.1, 0.15) is 22.9 Å². The van der Waals surface area contributed by atoms with E-state index in [0.717, 1.165) is 38.7 Å². The van der Waals surface area contributed by atoms with Crippen LogP contribution in [0.3, 0.4) is 0 Å². The highest BCUT2D eigenvalue weighted by atomic mass is 32.1. The first-order valence-electron chi connectivity index (χ1n) is 15.2. The van der Waals surface area contributed by atoms with Crippen LogP contribution in [0.25, 0.3) is 0 Å². The van der Waals surface area contributed by atoms with Crippen molar-refractivity contribution in [2.45, 2.75) is 66.1 Å². The number of halogens is 2. The number of benzene rings is 1. The van der Waals surface area contributed by atoms with Crippen molar-refractivity contribution < 1.29 is 37.7 Å². The maximum atomic E-state index is 13.9. The van der Waals surface area contributed by atoms with Gasteiger partial charge in [-0.25, -0.2) is 8.78 Å². The van der Waals surface area contributed by atoms with Crippen molar-refractivity contribution in [3.8, 4) is 5.75 Å². The van der Waals surface area contributed by atoms with Crippen LogP contribution in [0.5, 0.6) is 5.75 Å². The normalized spacial score (nSPS) is 16.6. The molecule has 262 valence electrons. The van der Waals surface area contributed by atoms with Gasteiger partial charge >= 0.3 is 0 Å². The summed E-state index contributed by atoms with van der Waals surface area (Å²) in [4.78, 5) is 41.5. The number of ketones is 1. The standard InChI is InChI=1S/C26H33F2N3O5.2C3H8O.CH4S/c1-5-6-10-30(3)20-15-31-14-18(25(35)29-13-16-7-8-17(27)12-19(16)28)22(32)23(33)21(31)24(34)26(20,2)9-11-36-4;2*1-3-4-2;1-2/h7-8,12,14,20,33H,5-6,9-11,13,15H2,1-4H3,(H,29,35);2*3H2,1-2H3;2H,1H3. The van der Waals surface area contributed by atoms with Crippen LogP contribution in [-0.2, 0) is 27.3 Å². The number of Topliss-reactive ketones (excluding diaryl/α,β-unsaturated/α-hetero) is 1. The van der Waals surface area contributed by atoms with Crippen LogP contribution in [0.1, 0.15) is 73.4 Å². The molecule has 0 spiro atoms. The minimum atomic E-state index is -0.987. The zero-order chi connectivity index (χ0) is 35.4. The van der Waals surface area contributed by atoms with Gasteiger partial charge in [0.15, 0.2) is 11.5 Å². The van der Waals surface area contributed by atoms with Crippen LogP contribution in [0.2, 0.25) is 0 Å². The molecular formula is C33H53F2N3O7S. The number of aromatic hydroxyl groups is 1. The third-order valence-electron chi connectivity index (χ3n) is 7.59. The molecule has 0 saturated heterocycles. The van der Waals surface area contributed by atoms with Gasteiger partial charge in [0.05, 0.1) is 5.41 Å². The number of hydrogen-bond acceptors (Lipinski definition) is 9. The fourth-order valence-corrected chi connectivity index (χ4v) is 4.72. The highest BCUT2D eigenvalue weighted by Gasteiger charge is 2.49. The number of pyridine rings is 1. The van der Waals surface area contributed by atoms with E-state index in [0.29, 0.717) is 19.1 Å². The van der Waals surface area contributed by atoms with E-state index in [1.54, 1.807) is 27.6 Å². The lowest BCUT2D eigenvalue weighted by Crippen LogP contribution is -2.56. The number of carbonyl (C=O) groups is 2. The largest absolute Gasteiger partial charge is 0.503 e. The molecule has 3 rings (SSSR count). The number of unbranched alkanes of at least 4 members (excludes halogenated alkanes) is 1. The van der Waals surface area contributed by atoms with E-state index >= 15 is 0 Å². The minimum absolute atomic E-state index is 0.0359. The molecule has 0 radical (unpaired) electrons. The summed E-state index contributed by atoms with van der Waals surface area (Å²) in [5.41, 5.74) is -2.39. The minimum Gasteiger partial charge on any atom is -0.503 e. The SMILES string of the molecule is CCCCN(C)C1Cn2cc(C(=O)NCc3ccc(F)cc3F)c(=O)c(O)c2C(=O)C1(C)CCOC.CCOC.CCOC.CS. The predicted molar refractivity (Wildman–Crippen MR) is 180 cm³/mol.